The SMILES string of the molecule is NC(=O)C1CCCN(c2ncc(C(F)(F)F)s2)C1. The van der Waals surface area contributed by atoms with Crippen LogP contribution in [-0.2, 0) is 11.0 Å². The van der Waals surface area contributed by atoms with E-state index in [1.165, 1.54) is 0 Å². The van der Waals surface area contributed by atoms with Crippen molar-refractivity contribution in [1.29, 1.82) is 0 Å². The molecule has 1 unspecified atom stereocenters. The second kappa shape index (κ2) is 4.75. The van der Waals surface area contributed by atoms with E-state index in [0.717, 1.165) is 12.6 Å². The van der Waals surface area contributed by atoms with Crippen molar-refractivity contribution < 1.29 is 18.0 Å². The molecule has 0 bridgehead atoms. The lowest BCUT2D eigenvalue weighted by Gasteiger charge is -2.30. The van der Waals surface area contributed by atoms with E-state index in [9.17, 15) is 18.0 Å². The first-order chi connectivity index (χ1) is 8.38. The van der Waals surface area contributed by atoms with Gasteiger partial charge in [0.25, 0.3) is 0 Å². The molecule has 1 amide bonds. The summed E-state index contributed by atoms with van der Waals surface area (Å²) in [4.78, 5) is 15.8. The summed E-state index contributed by atoms with van der Waals surface area (Å²) < 4.78 is 37.4. The quantitative estimate of drug-likeness (QED) is 0.899. The standard InChI is InChI=1S/C10H12F3N3OS/c11-10(12,13)7-4-15-9(18-7)16-3-1-2-6(5-16)8(14)17/h4,6H,1-3,5H2,(H2,14,17). The van der Waals surface area contributed by atoms with Gasteiger partial charge >= 0.3 is 6.18 Å². The van der Waals surface area contributed by atoms with E-state index < -0.39 is 17.0 Å². The Kier molecular flexibility index (Phi) is 3.47. The van der Waals surface area contributed by atoms with Gasteiger partial charge in [0.15, 0.2) is 5.13 Å². The minimum absolute atomic E-state index is 0.299. The van der Waals surface area contributed by atoms with Crippen LogP contribution in [0.25, 0.3) is 0 Å². The molecule has 4 nitrogen and oxygen atoms in total. The summed E-state index contributed by atoms with van der Waals surface area (Å²) in [5.74, 6) is -0.718. The molecule has 1 atom stereocenters. The number of amides is 1. The summed E-state index contributed by atoms with van der Waals surface area (Å²) in [7, 11) is 0. The van der Waals surface area contributed by atoms with Gasteiger partial charge in [-0.05, 0) is 12.8 Å². The molecule has 1 aromatic heterocycles. The van der Waals surface area contributed by atoms with Crippen molar-refractivity contribution in [2.45, 2.75) is 19.0 Å². The largest absolute Gasteiger partial charge is 0.427 e. The maximum atomic E-state index is 12.5. The van der Waals surface area contributed by atoms with Crippen LogP contribution in [-0.4, -0.2) is 24.0 Å². The molecule has 2 N–H and O–H groups in total. The molecule has 1 aliphatic heterocycles. The lowest BCUT2D eigenvalue weighted by atomic mass is 9.98. The van der Waals surface area contributed by atoms with E-state index in [1.807, 2.05) is 0 Å². The molecule has 1 aromatic rings. The number of carbonyl (C=O) groups is 1. The number of nitrogens with two attached hydrogens (primary N) is 1. The third-order valence-electron chi connectivity index (χ3n) is 2.87. The van der Waals surface area contributed by atoms with Crippen molar-refractivity contribution in [2.75, 3.05) is 18.0 Å². The minimum atomic E-state index is -4.37. The first kappa shape index (κ1) is 13.1. The maximum Gasteiger partial charge on any atom is 0.427 e. The molecule has 0 aromatic carbocycles. The zero-order valence-corrected chi connectivity index (χ0v) is 10.2. The molecule has 18 heavy (non-hydrogen) atoms. The number of nitrogens with zero attached hydrogens (tertiary/aromatic N) is 2. The van der Waals surface area contributed by atoms with Gasteiger partial charge in [0.2, 0.25) is 5.91 Å². The molecule has 0 radical (unpaired) electrons. The van der Waals surface area contributed by atoms with Crippen LogP contribution in [0.1, 0.15) is 17.7 Å². The maximum absolute atomic E-state index is 12.5. The van der Waals surface area contributed by atoms with E-state index in [4.69, 9.17) is 5.73 Å². The average Bonchev–Trinajstić information content (AvgIpc) is 2.78. The number of primary amides is 1. The zero-order chi connectivity index (χ0) is 13.3. The van der Waals surface area contributed by atoms with Gasteiger partial charge in [0.1, 0.15) is 4.88 Å². The zero-order valence-electron chi connectivity index (χ0n) is 9.41. The molecule has 2 heterocycles. The number of hydrogen-bond acceptors (Lipinski definition) is 4. The smallest absolute Gasteiger partial charge is 0.369 e. The van der Waals surface area contributed by atoms with E-state index in [-0.39, 0.29) is 5.92 Å². The van der Waals surface area contributed by atoms with Crippen molar-refractivity contribution in [3.8, 4) is 0 Å². The van der Waals surface area contributed by atoms with Crippen molar-refractivity contribution in [2.24, 2.45) is 11.7 Å². The molecule has 2 rings (SSSR count). The first-order valence-electron chi connectivity index (χ1n) is 5.45. The molecular formula is C10H12F3N3OS. The molecule has 0 aliphatic carbocycles. The first-order valence-corrected chi connectivity index (χ1v) is 6.27. The number of halogens is 3. The van der Waals surface area contributed by atoms with Crippen LogP contribution in [0.2, 0.25) is 0 Å². The van der Waals surface area contributed by atoms with Crippen LogP contribution in [0.15, 0.2) is 6.20 Å². The van der Waals surface area contributed by atoms with Crippen LogP contribution in [0.4, 0.5) is 18.3 Å². The number of alkyl halides is 3. The van der Waals surface area contributed by atoms with Crippen LogP contribution >= 0.6 is 11.3 Å². The predicted octanol–water partition coefficient (Wildman–Crippen LogP) is 1.86. The van der Waals surface area contributed by atoms with Gasteiger partial charge in [-0.1, -0.05) is 11.3 Å². The highest BCUT2D eigenvalue weighted by Crippen LogP contribution is 2.37. The normalized spacial score (nSPS) is 21.1. The summed E-state index contributed by atoms with van der Waals surface area (Å²) in [6.45, 7) is 0.953. The van der Waals surface area contributed by atoms with E-state index in [2.05, 4.69) is 4.98 Å². The van der Waals surface area contributed by atoms with E-state index >= 15 is 0 Å². The third kappa shape index (κ3) is 2.74. The fourth-order valence-corrected chi connectivity index (χ4v) is 2.74. The number of aromatic nitrogens is 1. The Morgan fingerprint density at radius 1 is 1.56 bits per heavy atom. The Morgan fingerprint density at radius 2 is 2.28 bits per heavy atom. The van der Waals surface area contributed by atoms with Crippen LogP contribution in [0.5, 0.6) is 0 Å². The van der Waals surface area contributed by atoms with Crippen molar-refractivity contribution in [3.63, 3.8) is 0 Å². The molecule has 1 saturated heterocycles. The average molecular weight is 279 g/mol. The Morgan fingerprint density at radius 3 is 2.83 bits per heavy atom. The van der Waals surface area contributed by atoms with Gasteiger partial charge in [0.05, 0.1) is 12.1 Å². The highest BCUT2D eigenvalue weighted by molar-refractivity contribution is 7.15. The Labute approximate surface area is 106 Å². The van der Waals surface area contributed by atoms with E-state index in [0.29, 0.717) is 36.0 Å². The molecule has 100 valence electrons. The predicted molar refractivity (Wildman–Crippen MR) is 61.2 cm³/mol. The Bertz CT molecular complexity index is 446. The minimum Gasteiger partial charge on any atom is -0.369 e. The van der Waals surface area contributed by atoms with Crippen LogP contribution in [0.3, 0.4) is 0 Å². The second-order valence-corrected chi connectivity index (χ2v) is 5.20. The van der Waals surface area contributed by atoms with Crippen molar-refractivity contribution >= 4 is 22.4 Å². The lowest BCUT2D eigenvalue weighted by Crippen LogP contribution is -2.41. The third-order valence-corrected chi connectivity index (χ3v) is 3.97. The van der Waals surface area contributed by atoms with Gasteiger partial charge in [0, 0.05) is 13.1 Å². The monoisotopic (exact) mass is 279 g/mol. The number of rotatable bonds is 2. The van der Waals surface area contributed by atoms with Crippen LogP contribution < -0.4 is 10.6 Å². The summed E-state index contributed by atoms with van der Waals surface area (Å²) in [5, 5.41) is 0.299. The Hall–Kier alpha value is -1.31. The number of thiazole rings is 1. The van der Waals surface area contributed by atoms with Crippen molar-refractivity contribution in [3.05, 3.63) is 11.1 Å². The molecule has 8 heteroatoms. The molecular weight excluding hydrogens is 267 g/mol. The second-order valence-electron chi connectivity index (χ2n) is 4.19. The highest BCUT2D eigenvalue weighted by Gasteiger charge is 2.34. The van der Waals surface area contributed by atoms with Gasteiger partial charge in [-0.2, -0.15) is 13.2 Å². The van der Waals surface area contributed by atoms with Crippen molar-refractivity contribution in [1.82, 2.24) is 4.98 Å². The fraction of sp³-hybridized carbons (Fsp3) is 0.600. The fourth-order valence-electron chi connectivity index (χ4n) is 1.93. The van der Waals surface area contributed by atoms with Gasteiger partial charge in [-0.15, -0.1) is 0 Å². The molecule has 1 fully saturated rings. The summed E-state index contributed by atoms with van der Waals surface area (Å²) in [6.07, 6.45) is -2.12. The van der Waals surface area contributed by atoms with E-state index in [1.54, 1.807) is 4.90 Å². The summed E-state index contributed by atoms with van der Waals surface area (Å²) in [5.41, 5.74) is 5.22. The lowest BCUT2D eigenvalue weighted by molar-refractivity contribution is -0.134. The molecule has 0 saturated carbocycles. The summed E-state index contributed by atoms with van der Waals surface area (Å²) in [6, 6.07) is 0. The van der Waals surface area contributed by atoms with Gasteiger partial charge < -0.3 is 10.6 Å². The molecule has 0 spiro atoms. The number of anilines is 1. The number of carbonyl (C=O) groups excluding carboxylic acids is 1. The molecule has 1 aliphatic rings. The van der Waals surface area contributed by atoms with Crippen LogP contribution in [0, 0.1) is 5.92 Å². The van der Waals surface area contributed by atoms with Gasteiger partial charge in [-0.25, -0.2) is 4.98 Å². The highest BCUT2D eigenvalue weighted by atomic mass is 32.1. The summed E-state index contributed by atoms with van der Waals surface area (Å²) >= 11 is 0.598. The van der Waals surface area contributed by atoms with Gasteiger partial charge in [-0.3, -0.25) is 4.79 Å². The Balaban J connectivity index is 2.12. The number of piperidine rings is 1. The number of hydrogen-bond donors (Lipinski definition) is 1. The topological polar surface area (TPSA) is 59.2 Å².